The Labute approximate surface area is 176 Å². The molecule has 0 spiro atoms. The van der Waals surface area contributed by atoms with E-state index in [1.165, 1.54) is 44.9 Å². The molecule has 0 bridgehead atoms. The third kappa shape index (κ3) is 8.40. The average Bonchev–Trinajstić information content (AvgIpc) is 3.56. The Kier molecular flexibility index (Phi) is 9.49. The first-order valence-electron chi connectivity index (χ1n) is 11.8. The maximum atomic E-state index is 10.2. The van der Waals surface area contributed by atoms with Crippen LogP contribution in [0.4, 0.5) is 0 Å². The average molecular weight is 411 g/mol. The highest BCUT2D eigenvalue weighted by Gasteiger charge is 2.34. The number of hydrogen-bond donors (Lipinski definition) is 3. The summed E-state index contributed by atoms with van der Waals surface area (Å²) in [5.41, 5.74) is 0.268. The highest BCUT2D eigenvalue weighted by Crippen LogP contribution is 2.37. The van der Waals surface area contributed by atoms with E-state index < -0.39 is 6.10 Å². The highest BCUT2D eigenvalue weighted by atomic mass is 16.5. The van der Waals surface area contributed by atoms with E-state index in [9.17, 15) is 5.11 Å². The van der Waals surface area contributed by atoms with Crippen molar-refractivity contribution in [3.05, 3.63) is 0 Å². The number of guanidine groups is 1. The molecule has 29 heavy (non-hydrogen) atoms. The van der Waals surface area contributed by atoms with E-state index in [4.69, 9.17) is 14.5 Å². The van der Waals surface area contributed by atoms with Gasteiger partial charge in [0.25, 0.3) is 0 Å². The standard InChI is InChI=1S/C22H42N4O3/c1-2-23-21(24-14-20(27)16-29-15-19-6-7-19)25-17-22(8-4-3-5-9-22)18-26-10-12-28-13-11-26/h19-20,27H,2-18H2,1H3,(H2,23,24,25). The predicted octanol–water partition coefficient (Wildman–Crippen LogP) is 1.61. The Morgan fingerprint density at radius 1 is 1.21 bits per heavy atom. The van der Waals surface area contributed by atoms with E-state index in [1.54, 1.807) is 0 Å². The zero-order chi connectivity index (χ0) is 20.4. The first-order chi connectivity index (χ1) is 14.2. The lowest BCUT2D eigenvalue weighted by Crippen LogP contribution is -2.47. The summed E-state index contributed by atoms with van der Waals surface area (Å²) in [5, 5.41) is 16.8. The Balaban J connectivity index is 1.49. The minimum absolute atomic E-state index is 0.268. The monoisotopic (exact) mass is 410 g/mol. The summed E-state index contributed by atoms with van der Waals surface area (Å²) in [4.78, 5) is 7.51. The number of nitrogens with zero attached hydrogens (tertiary/aromatic N) is 2. The minimum Gasteiger partial charge on any atom is -0.389 e. The summed E-state index contributed by atoms with van der Waals surface area (Å²) in [6.07, 6.45) is 8.52. The predicted molar refractivity (Wildman–Crippen MR) is 116 cm³/mol. The van der Waals surface area contributed by atoms with Crippen LogP contribution < -0.4 is 10.6 Å². The normalized spacial score (nSPS) is 24.3. The molecular formula is C22H42N4O3. The van der Waals surface area contributed by atoms with Crippen molar-refractivity contribution in [2.45, 2.75) is 58.0 Å². The van der Waals surface area contributed by atoms with Gasteiger partial charge in [-0.15, -0.1) is 0 Å². The third-order valence-electron chi connectivity index (χ3n) is 6.36. The molecule has 2 aliphatic carbocycles. The molecule has 3 fully saturated rings. The van der Waals surface area contributed by atoms with Gasteiger partial charge in [0.15, 0.2) is 5.96 Å². The zero-order valence-corrected chi connectivity index (χ0v) is 18.3. The molecule has 0 amide bonds. The quantitative estimate of drug-likeness (QED) is 0.355. The van der Waals surface area contributed by atoms with E-state index in [1.807, 2.05) is 0 Å². The van der Waals surface area contributed by atoms with Crippen molar-refractivity contribution in [2.24, 2.45) is 16.3 Å². The molecule has 3 N–H and O–H groups in total. The largest absolute Gasteiger partial charge is 0.389 e. The van der Waals surface area contributed by atoms with Gasteiger partial charge in [-0.25, -0.2) is 0 Å². The maximum absolute atomic E-state index is 10.2. The second kappa shape index (κ2) is 12.1. The van der Waals surface area contributed by atoms with Gasteiger partial charge in [-0.05, 0) is 38.5 Å². The first kappa shape index (κ1) is 22.8. The van der Waals surface area contributed by atoms with Crippen molar-refractivity contribution in [3.63, 3.8) is 0 Å². The van der Waals surface area contributed by atoms with E-state index in [0.717, 1.165) is 64.4 Å². The summed E-state index contributed by atoms with van der Waals surface area (Å²) in [6, 6.07) is 0. The molecule has 168 valence electrons. The molecule has 0 aromatic heterocycles. The molecule has 7 heteroatoms. The number of aliphatic imine (C=N–C) groups is 1. The van der Waals surface area contributed by atoms with Gasteiger partial charge >= 0.3 is 0 Å². The lowest BCUT2D eigenvalue weighted by atomic mass is 9.73. The van der Waals surface area contributed by atoms with Gasteiger partial charge in [-0.2, -0.15) is 0 Å². The topological polar surface area (TPSA) is 78.4 Å². The van der Waals surface area contributed by atoms with Crippen molar-refractivity contribution >= 4 is 5.96 Å². The second-order valence-electron chi connectivity index (χ2n) is 9.16. The molecule has 0 radical (unpaired) electrons. The lowest BCUT2D eigenvalue weighted by molar-refractivity contribution is 0.00936. The molecule has 3 aliphatic rings. The number of aliphatic hydroxyl groups is 1. The van der Waals surface area contributed by atoms with Crippen molar-refractivity contribution in [1.82, 2.24) is 15.5 Å². The Hall–Kier alpha value is -0.890. The number of rotatable bonds is 11. The van der Waals surface area contributed by atoms with Crippen LogP contribution in [0.25, 0.3) is 0 Å². The Bertz CT molecular complexity index is 486. The van der Waals surface area contributed by atoms with Crippen LogP contribution in [0.15, 0.2) is 4.99 Å². The molecule has 1 saturated heterocycles. The van der Waals surface area contributed by atoms with E-state index in [0.29, 0.717) is 13.2 Å². The lowest BCUT2D eigenvalue weighted by Gasteiger charge is -2.41. The molecule has 3 rings (SSSR count). The summed E-state index contributed by atoms with van der Waals surface area (Å²) >= 11 is 0. The summed E-state index contributed by atoms with van der Waals surface area (Å²) < 4.78 is 11.1. The molecule has 1 unspecified atom stereocenters. The van der Waals surface area contributed by atoms with Crippen LogP contribution in [-0.2, 0) is 9.47 Å². The van der Waals surface area contributed by atoms with Crippen LogP contribution in [-0.4, -0.2) is 87.8 Å². The van der Waals surface area contributed by atoms with Gasteiger partial charge in [0.1, 0.15) is 0 Å². The number of morpholine rings is 1. The minimum atomic E-state index is -0.505. The number of hydrogen-bond acceptors (Lipinski definition) is 5. The van der Waals surface area contributed by atoms with Crippen LogP contribution in [0.5, 0.6) is 0 Å². The SMILES string of the molecule is CCNC(=NCC1(CN2CCOCC2)CCCCC1)NCC(O)COCC1CC1. The summed E-state index contributed by atoms with van der Waals surface area (Å²) in [5.74, 6) is 1.54. The summed E-state index contributed by atoms with van der Waals surface area (Å²) in [7, 11) is 0. The maximum Gasteiger partial charge on any atom is 0.191 e. The van der Waals surface area contributed by atoms with Gasteiger partial charge in [-0.3, -0.25) is 9.89 Å². The van der Waals surface area contributed by atoms with Gasteiger partial charge in [0, 0.05) is 51.3 Å². The van der Waals surface area contributed by atoms with Crippen LogP contribution >= 0.6 is 0 Å². The van der Waals surface area contributed by atoms with Crippen molar-refractivity contribution in [3.8, 4) is 0 Å². The fraction of sp³-hybridized carbons (Fsp3) is 0.955. The van der Waals surface area contributed by atoms with E-state index in [-0.39, 0.29) is 5.41 Å². The van der Waals surface area contributed by atoms with Gasteiger partial charge < -0.3 is 25.2 Å². The van der Waals surface area contributed by atoms with E-state index >= 15 is 0 Å². The van der Waals surface area contributed by atoms with Crippen LogP contribution in [0.2, 0.25) is 0 Å². The highest BCUT2D eigenvalue weighted by molar-refractivity contribution is 5.79. The van der Waals surface area contributed by atoms with Gasteiger partial charge in [0.05, 0.1) is 25.9 Å². The van der Waals surface area contributed by atoms with Crippen LogP contribution in [0, 0.1) is 11.3 Å². The molecule has 2 saturated carbocycles. The van der Waals surface area contributed by atoms with E-state index in [2.05, 4.69) is 22.5 Å². The fourth-order valence-electron chi connectivity index (χ4n) is 4.42. The molecule has 7 nitrogen and oxygen atoms in total. The van der Waals surface area contributed by atoms with Crippen molar-refractivity contribution < 1.29 is 14.6 Å². The summed E-state index contributed by atoms with van der Waals surface area (Å²) in [6.45, 7) is 10.3. The third-order valence-corrected chi connectivity index (χ3v) is 6.36. The Morgan fingerprint density at radius 2 is 1.97 bits per heavy atom. The van der Waals surface area contributed by atoms with Crippen LogP contribution in [0.3, 0.4) is 0 Å². The van der Waals surface area contributed by atoms with Gasteiger partial charge in [0.2, 0.25) is 0 Å². The first-order valence-corrected chi connectivity index (χ1v) is 11.8. The Morgan fingerprint density at radius 3 is 2.66 bits per heavy atom. The van der Waals surface area contributed by atoms with Crippen molar-refractivity contribution in [2.75, 3.05) is 65.7 Å². The number of ether oxygens (including phenoxy) is 2. The fourth-order valence-corrected chi connectivity index (χ4v) is 4.42. The van der Waals surface area contributed by atoms with Gasteiger partial charge in [-0.1, -0.05) is 19.3 Å². The number of nitrogens with one attached hydrogen (secondary N) is 2. The molecule has 1 atom stereocenters. The molecule has 0 aromatic carbocycles. The second-order valence-corrected chi connectivity index (χ2v) is 9.16. The van der Waals surface area contributed by atoms with Crippen LogP contribution in [0.1, 0.15) is 51.9 Å². The molecular weight excluding hydrogens is 368 g/mol. The van der Waals surface area contributed by atoms with Crippen molar-refractivity contribution in [1.29, 1.82) is 0 Å². The molecule has 0 aromatic rings. The molecule has 1 heterocycles. The molecule has 1 aliphatic heterocycles. The zero-order valence-electron chi connectivity index (χ0n) is 18.3. The smallest absolute Gasteiger partial charge is 0.191 e. The number of aliphatic hydroxyl groups excluding tert-OH is 1.